The van der Waals surface area contributed by atoms with Gasteiger partial charge in [0.15, 0.2) is 5.75 Å². The van der Waals surface area contributed by atoms with Gasteiger partial charge in [0.2, 0.25) is 0 Å². The number of aromatic nitrogens is 2. The highest BCUT2D eigenvalue weighted by Crippen LogP contribution is 2.33. The van der Waals surface area contributed by atoms with Crippen LogP contribution in [0.15, 0.2) is 41.7 Å². The van der Waals surface area contributed by atoms with E-state index in [0.29, 0.717) is 30.4 Å². The molecule has 1 aromatic carbocycles. The standard InChI is InChI=1S/C19H22N2O2/c1-4-11-23-18-14(3)20-21(12-15-9-10-15)19(22)17(18)16-8-6-5-7-13(16)2/h4-8,15H,1,9-12H2,2-3H3. The number of hydrogen-bond acceptors (Lipinski definition) is 3. The van der Waals surface area contributed by atoms with Crippen LogP contribution in [0.4, 0.5) is 0 Å². The first-order chi connectivity index (χ1) is 11.1. The average molecular weight is 310 g/mol. The fourth-order valence-electron chi connectivity index (χ4n) is 2.76. The quantitative estimate of drug-likeness (QED) is 0.767. The van der Waals surface area contributed by atoms with Gasteiger partial charge in [0.05, 0.1) is 5.56 Å². The fraction of sp³-hybridized carbons (Fsp3) is 0.368. The van der Waals surface area contributed by atoms with Crippen LogP contribution in [0.3, 0.4) is 0 Å². The van der Waals surface area contributed by atoms with Crippen LogP contribution >= 0.6 is 0 Å². The van der Waals surface area contributed by atoms with Crippen LogP contribution in [0, 0.1) is 19.8 Å². The summed E-state index contributed by atoms with van der Waals surface area (Å²) in [5.41, 5.74) is 3.24. The van der Waals surface area contributed by atoms with Crippen molar-refractivity contribution in [1.29, 1.82) is 0 Å². The van der Waals surface area contributed by atoms with Crippen molar-refractivity contribution in [3.8, 4) is 16.9 Å². The van der Waals surface area contributed by atoms with Crippen molar-refractivity contribution in [2.45, 2.75) is 33.2 Å². The van der Waals surface area contributed by atoms with Crippen molar-refractivity contribution in [2.24, 2.45) is 5.92 Å². The SMILES string of the molecule is C=CCOc1c(C)nn(CC2CC2)c(=O)c1-c1ccccc1C. The summed E-state index contributed by atoms with van der Waals surface area (Å²) in [6.07, 6.45) is 4.04. The Kier molecular flexibility index (Phi) is 4.33. The highest BCUT2D eigenvalue weighted by molar-refractivity contribution is 5.73. The zero-order valence-electron chi connectivity index (χ0n) is 13.7. The van der Waals surface area contributed by atoms with E-state index in [1.54, 1.807) is 10.8 Å². The molecule has 0 N–H and O–H groups in total. The minimum Gasteiger partial charge on any atom is -0.487 e. The van der Waals surface area contributed by atoms with E-state index in [0.717, 1.165) is 16.8 Å². The Morgan fingerprint density at radius 3 is 2.74 bits per heavy atom. The molecule has 3 rings (SSSR count). The Morgan fingerprint density at radius 1 is 1.35 bits per heavy atom. The zero-order valence-corrected chi connectivity index (χ0v) is 13.7. The first kappa shape index (κ1) is 15.5. The number of ether oxygens (including phenoxy) is 1. The molecule has 1 aliphatic carbocycles. The lowest BCUT2D eigenvalue weighted by Crippen LogP contribution is -2.27. The molecule has 0 saturated heterocycles. The summed E-state index contributed by atoms with van der Waals surface area (Å²) in [5, 5.41) is 4.47. The van der Waals surface area contributed by atoms with Gasteiger partial charge in [-0.05, 0) is 43.7 Å². The molecular formula is C19H22N2O2. The van der Waals surface area contributed by atoms with Crippen molar-refractivity contribution in [1.82, 2.24) is 9.78 Å². The second kappa shape index (κ2) is 6.41. The van der Waals surface area contributed by atoms with E-state index in [1.807, 2.05) is 38.1 Å². The molecule has 4 nitrogen and oxygen atoms in total. The Labute approximate surface area is 136 Å². The third-order valence-corrected chi connectivity index (χ3v) is 4.16. The van der Waals surface area contributed by atoms with Gasteiger partial charge in [0.25, 0.3) is 5.56 Å². The number of hydrogen-bond donors (Lipinski definition) is 0. The van der Waals surface area contributed by atoms with Gasteiger partial charge in [-0.15, -0.1) is 0 Å². The first-order valence-corrected chi connectivity index (χ1v) is 8.03. The molecule has 0 bridgehead atoms. The molecule has 1 fully saturated rings. The molecule has 1 saturated carbocycles. The van der Waals surface area contributed by atoms with Crippen LogP contribution in [0.1, 0.15) is 24.1 Å². The summed E-state index contributed by atoms with van der Waals surface area (Å²) in [4.78, 5) is 13.0. The third kappa shape index (κ3) is 3.21. The second-order valence-electron chi connectivity index (χ2n) is 6.13. The number of nitrogens with zero attached hydrogens (tertiary/aromatic N) is 2. The van der Waals surface area contributed by atoms with Crippen LogP contribution in [-0.4, -0.2) is 16.4 Å². The van der Waals surface area contributed by atoms with Gasteiger partial charge in [0.1, 0.15) is 12.3 Å². The Hall–Kier alpha value is -2.36. The van der Waals surface area contributed by atoms with Crippen molar-refractivity contribution >= 4 is 0 Å². The smallest absolute Gasteiger partial charge is 0.278 e. The summed E-state index contributed by atoms with van der Waals surface area (Å²) >= 11 is 0. The molecule has 0 radical (unpaired) electrons. The zero-order chi connectivity index (χ0) is 16.4. The van der Waals surface area contributed by atoms with Crippen molar-refractivity contribution in [3.05, 3.63) is 58.5 Å². The number of rotatable bonds is 6. The molecular weight excluding hydrogens is 288 g/mol. The van der Waals surface area contributed by atoms with Gasteiger partial charge in [-0.3, -0.25) is 4.79 Å². The molecule has 0 amide bonds. The van der Waals surface area contributed by atoms with Crippen molar-refractivity contribution in [2.75, 3.05) is 6.61 Å². The lowest BCUT2D eigenvalue weighted by atomic mass is 10.0. The van der Waals surface area contributed by atoms with Crippen LogP contribution < -0.4 is 10.3 Å². The minimum atomic E-state index is -0.0733. The maximum absolute atomic E-state index is 13.0. The molecule has 2 aromatic rings. The molecule has 0 aliphatic heterocycles. The summed E-state index contributed by atoms with van der Waals surface area (Å²) in [6, 6.07) is 7.89. The summed E-state index contributed by atoms with van der Waals surface area (Å²) in [6.45, 7) is 8.63. The minimum absolute atomic E-state index is 0.0733. The Balaban J connectivity index is 2.19. The van der Waals surface area contributed by atoms with Gasteiger partial charge >= 0.3 is 0 Å². The molecule has 0 spiro atoms. The maximum Gasteiger partial charge on any atom is 0.278 e. The molecule has 4 heteroatoms. The van der Waals surface area contributed by atoms with Crippen LogP contribution in [-0.2, 0) is 6.54 Å². The predicted molar refractivity (Wildman–Crippen MR) is 91.8 cm³/mol. The molecule has 1 aliphatic rings. The van der Waals surface area contributed by atoms with Crippen LogP contribution in [0.25, 0.3) is 11.1 Å². The first-order valence-electron chi connectivity index (χ1n) is 8.03. The summed E-state index contributed by atoms with van der Waals surface area (Å²) in [7, 11) is 0. The van der Waals surface area contributed by atoms with E-state index in [1.165, 1.54) is 12.8 Å². The normalized spacial score (nSPS) is 13.8. The molecule has 1 heterocycles. The average Bonchev–Trinajstić information content (AvgIpc) is 3.34. The Bertz CT molecular complexity index is 788. The topological polar surface area (TPSA) is 44.1 Å². The highest BCUT2D eigenvalue weighted by Gasteiger charge is 2.25. The van der Waals surface area contributed by atoms with E-state index in [-0.39, 0.29) is 5.56 Å². The van der Waals surface area contributed by atoms with E-state index in [9.17, 15) is 4.79 Å². The van der Waals surface area contributed by atoms with Gasteiger partial charge in [0, 0.05) is 6.54 Å². The molecule has 0 unspecified atom stereocenters. The van der Waals surface area contributed by atoms with Gasteiger partial charge in [-0.25, -0.2) is 4.68 Å². The maximum atomic E-state index is 13.0. The van der Waals surface area contributed by atoms with Crippen molar-refractivity contribution in [3.63, 3.8) is 0 Å². The summed E-state index contributed by atoms with van der Waals surface area (Å²) in [5.74, 6) is 1.15. The summed E-state index contributed by atoms with van der Waals surface area (Å²) < 4.78 is 7.40. The lowest BCUT2D eigenvalue weighted by molar-refractivity contribution is 0.354. The highest BCUT2D eigenvalue weighted by atomic mass is 16.5. The van der Waals surface area contributed by atoms with Crippen LogP contribution in [0.2, 0.25) is 0 Å². The van der Waals surface area contributed by atoms with E-state index in [2.05, 4.69) is 11.7 Å². The lowest BCUT2D eigenvalue weighted by Gasteiger charge is -2.16. The van der Waals surface area contributed by atoms with Gasteiger partial charge in [-0.1, -0.05) is 36.9 Å². The monoisotopic (exact) mass is 310 g/mol. The third-order valence-electron chi connectivity index (χ3n) is 4.16. The fourth-order valence-corrected chi connectivity index (χ4v) is 2.76. The van der Waals surface area contributed by atoms with Gasteiger partial charge < -0.3 is 4.74 Å². The molecule has 0 atom stereocenters. The van der Waals surface area contributed by atoms with Crippen molar-refractivity contribution < 1.29 is 4.74 Å². The number of benzene rings is 1. The largest absolute Gasteiger partial charge is 0.487 e. The predicted octanol–water partition coefficient (Wildman–Crippen LogP) is 3.50. The van der Waals surface area contributed by atoms with E-state index >= 15 is 0 Å². The Morgan fingerprint density at radius 2 is 2.09 bits per heavy atom. The van der Waals surface area contributed by atoms with E-state index in [4.69, 9.17) is 4.74 Å². The van der Waals surface area contributed by atoms with E-state index < -0.39 is 0 Å². The molecule has 1 aromatic heterocycles. The second-order valence-corrected chi connectivity index (χ2v) is 6.13. The molecule has 120 valence electrons. The van der Waals surface area contributed by atoms with Gasteiger partial charge in [-0.2, -0.15) is 5.10 Å². The number of aryl methyl sites for hydroxylation is 2. The van der Waals surface area contributed by atoms with Crippen LogP contribution in [0.5, 0.6) is 5.75 Å². The molecule has 23 heavy (non-hydrogen) atoms.